The molecule has 8 nitrogen and oxygen atoms in total. The second kappa shape index (κ2) is 6.56. The predicted molar refractivity (Wildman–Crippen MR) is 98.1 cm³/mol. The van der Waals surface area contributed by atoms with Gasteiger partial charge in [-0.3, -0.25) is 0 Å². The predicted octanol–water partition coefficient (Wildman–Crippen LogP) is 2.12. The van der Waals surface area contributed by atoms with E-state index in [1.165, 1.54) is 0 Å². The lowest BCUT2D eigenvalue weighted by molar-refractivity contribution is 0.355. The summed E-state index contributed by atoms with van der Waals surface area (Å²) in [5.41, 5.74) is 0. The van der Waals surface area contributed by atoms with E-state index >= 15 is 0 Å². The van der Waals surface area contributed by atoms with Gasteiger partial charge in [0.05, 0.1) is 10.8 Å². The van der Waals surface area contributed by atoms with Crippen LogP contribution >= 0.6 is 0 Å². The Hall–Kier alpha value is -2.00. The summed E-state index contributed by atoms with van der Waals surface area (Å²) in [6.07, 6.45) is 6.65. The summed E-state index contributed by atoms with van der Waals surface area (Å²) in [6.45, 7) is 2.72. The monoisotopic (exact) mass is 389 g/mol. The highest BCUT2D eigenvalue weighted by Crippen LogP contribution is 2.39. The number of nitrogens with zero attached hydrogens (tertiary/aromatic N) is 5. The molecule has 2 saturated heterocycles. The van der Waals surface area contributed by atoms with Crippen LogP contribution in [0, 0.1) is 0 Å². The van der Waals surface area contributed by atoms with Crippen molar-refractivity contribution in [2.75, 3.05) is 31.1 Å². The quantitative estimate of drug-likeness (QED) is 0.773. The van der Waals surface area contributed by atoms with E-state index in [0.29, 0.717) is 42.2 Å². The lowest BCUT2D eigenvalue weighted by atomic mass is 10.1. The maximum Gasteiger partial charge on any atom is 0.243 e. The maximum atomic E-state index is 12.8. The number of sulfonamides is 1. The fourth-order valence-electron chi connectivity index (χ4n) is 3.90. The van der Waals surface area contributed by atoms with Crippen molar-refractivity contribution in [3.63, 3.8) is 0 Å². The zero-order chi connectivity index (χ0) is 18.4. The van der Waals surface area contributed by atoms with Crippen LogP contribution in [0.2, 0.25) is 0 Å². The number of aromatic nitrogens is 3. The molecular formula is C18H23N5O3S. The van der Waals surface area contributed by atoms with E-state index in [1.807, 2.05) is 0 Å². The number of hydrogen-bond acceptors (Lipinski definition) is 7. The van der Waals surface area contributed by atoms with Gasteiger partial charge in [0, 0.05) is 44.4 Å². The smallest absolute Gasteiger partial charge is 0.243 e. The van der Waals surface area contributed by atoms with Crippen LogP contribution in [-0.2, 0) is 10.0 Å². The highest BCUT2D eigenvalue weighted by molar-refractivity contribution is 7.89. The fourth-order valence-corrected chi connectivity index (χ4v) is 5.43. The molecule has 5 rings (SSSR count). The van der Waals surface area contributed by atoms with E-state index < -0.39 is 10.0 Å². The lowest BCUT2D eigenvalue weighted by Gasteiger charge is -2.19. The molecule has 0 N–H and O–H groups in total. The van der Waals surface area contributed by atoms with Gasteiger partial charge in [-0.2, -0.15) is 9.29 Å². The molecule has 0 bridgehead atoms. The Balaban J connectivity index is 1.33. The summed E-state index contributed by atoms with van der Waals surface area (Å²) in [5.74, 6) is 2.88. The van der Waals surface area contributed by atoms with Crippen molar-refractivity contribution in [2.24, 2.45) is 0 Å². The summed E-state index contributed by atoms with van der Waals surface area (Å²) in [5, 5.41) is 4.11. The molecule has 2 aromatic rings. The summed E-state index contributed by atoms with van der Waals surface area (Å²) < 4.78 is 32.6. The molecule has 0 radical (unpaired) electrons. The molecule has 1 atom stereocenters. The third-order valence-corrected chi connectivity index (χ3v) is 7.58. The standard InChI is InChI=1S/C18H23N5O3S/c24-27(25,23-8-1-2-9-23)15-5-7-19-16(11-15)22-10-6-14(12-22)18-20-17(21-26-18)13-3-4-13/h5,7,11,13-14H,1-4,6,8-10,12H2. The Kier molecular flexibility index (Phi) is 4.16. The van der Waals surface area contributed by atoms with Gasteiger partial charge in [-0.25, -0.2) is 13.4 Å². The minimum Gasteiger partial charge on any atom is -0.356 e. The van der Waals surface area contributed by atoms with Gasteiger partial charge in [0.15, 0.2) is 5.82 Å². The Morgan fingerprint density at radius 3 is 2.67 bits per heavy atom. The molecule has 9 heteroatoms. The molecule has 4 heterocycles. The number of hydrogen-bond donors (Lipinski definition) is 0. The average Bonchev–Trinajstić information content (AvgIpc) is 3.15. The van der Waals surface area contributed by atoms with Crippen LogP contribution in [0.3, 0.4) is 0 Å². The van der Waals surface area contributed by atoms with E-state index in [2.05, 4.69) is 20.0 Å². The van der Waals surface area contributed by atoms with Gasteiger partial charge in [0.2, 0.25) is 15.9 Å². The van der Waals surface area contributed by atoms with Crippen LogP contribution in [-0.4, -0.2) is 54.0 Å². The van der Waals surface area contributed by atoms with Crippen LogP contribution in [0.1, 0.15) is 55.7 Å². The molecule has 2 aromatic heterocycles. The lowest BCUT2D eigenvalue weighted by Crippen LogP contribution is -2.28. The molecule has 3 fully saturated rings. The van der Waals surface area contributed by atoms with Crippen molar-refractivity contribution in [2.45, 2.75) is 48.8 Å². The molecular weight excluding hydrogens is 366 g/mol. The van der Waals surface area contributed by atoms with E-state index in [1.54, 1.807) is 22.6 Å². The Morgan fingerprint density at radius 2 is 1.89 bits per heavy atom. The Bertz CT molecular complexity index is 934. The minimum atomic E-state index is -3.43. The molecule has 1 aliphatic carbocycles. The normalized spacial score (nSPS) is 24.0. The fraction of sp³-hybridized carbons (Fsp3) is 0.611. The number of rotatable bonds is 5. The van der Waals surface area contributed by atoms with Crippen LogP contribution in [0.15, 0.2) is 27.7 Å². The SMILES string of the molecule is O=S(=O)(c1ccnc(N2CCC(c3nc(C4CC4)no3)C2)c1)N1CCCC1. The van der Waals surface area contributed by atoms with Crippen molar-refractivity contribution >= 4 is 15.8 Å². The first-order chi connectivity index (χ1) is 13.1. The van der Waals surface area contributed by atoms with E-state index in [0.717, 1.165) is 44.5 Å². The van der Waals surface area contributed by atoms with Crippen molar-refractivity contribution in [3.8, 4) is 0 Å². The first kappa shape index (κ1) is 17.1. The van der Waals surface area contributed by atoms with Gasteiger partial charge >= 0.3 is 0 Å². The maximum absolute atomic E-state index is 12.8. The average molecular weight is 389 g/mol. The van der Waals surface area contributed by atoms with Gasteiger partial charge in [-0.05, 0) is 38.2 Å². The summed E-state index contributed by atoms with van der Waals surface area (Å²) in [4.78, 5) is 11.4. The van der Waals surface area contributed by atoms with Gasteiger partial charge in [-0.1, -0.05) is 5.16 Å². The minimum absolute atomic E-state index is 0.172. The molecule has 0 spiro atoms. The third kappa shape index (κ3) is 3.23. The molecule has 3 aliphatic rings. The first-order valence-electron chi connectivity index (χ1n) is 9.66. The zero-order valence-corrected chi connectivity index (χ0v) is 15.9. The molecule has 1 unspecified atom stereocenters. The van der Waals surface area contributed by atoms with Crippen LogP contribution in [0.25, 0.3) is 0 Å². The van der Waals surface area contributed by atoms with Crippen molar-refractivity contribution in [1.29, 1.82) is 0 Å². The topological polar surface area (TPSA) is 92.4 Å². The third-order valence-electron chi connectivity index (χ3n) is 5.68. The van der Waals surface area contributed by atoms with E-state index in [9.17, 15) is 8.42 Å². The van der Waals surface area contributed by atoms with Gasteiger partial charge in [0.1, 0.15) is 5.82 Å². The largest absolute Gasteiger partial charge is 0.356 e. The van der Waals surface area contributed by atoms with Crippen LogP contribution < -0.4 is 4.90 Å². The van der Waals surface area contributed by atoms with E-state index in [4.69, 9.17) is 4.52 Å². The first-order valence-corrected chi connectivity index (χ1v) is 11.1. The summed E-state index contributed by atoms with van der Waals surface area (Å²) in [6, 6.07) is 3.28. The zero-order valence-electron chi connectivity index (χ0n) is 15.1. The molecule has 2 aliphatic heterocycles. The van der Waals surface area contributed by atoms with E-state index in [-0.39, 0.29) is 5.92 Å². The number of anilines is 1. The second-order valence-electron chi connectivity index (χ2n) is 7.66. The van der Waals surface area contributed by atoms with Crippen molar-refractivity contribution < 1.29 is 12.9 Å². The molecule has 27 heavy (non-hydrogen) atoms. The number of pyridine rings is 1. The van der Waals surface area contributed by atoms with Crippen LogP contribution in [0.4, 0.5) is 5.82 Å². The Labute approximate surface area is 158 Å². The second-order valence-corrected chi connectivity index (χ2v) is 9.60. The van der Waals surface area contributed by atoms with Crippen molar-refractivity contribution in [1.82, 2.24) is 19.4 Å². The highest BCUT2D eigenvalue weighted by atomic mass is 32.2. The summed E-state index contributed by atoms with van der Waals surface area (Å²) >= 11 is 0. The highest BCUT2D eigenvalue weighted by Gasteiger charge is 2.34. The van der Waals surface area contributed by atoms with Gasteiger partial charge in [-0.15, -0.1) is 0 Å². The van der Waals surface area contributed by atoms with Gasteiger partial charge < -0.3 is 9.42 Å². The van der Waals surface area contributed by atoms with Gasteiger partial charge in [0.25, 0.3) is 0 Å². The Morgan fingerprint density at radius 1 is 1.07 bits per heavy atom. The molecule has 1 saturated carbocycles. The molecule has 0 aromatic carbocycles. The van der Waals surface area contributed by atoms with Crippen molar-refractivity contribution in [3.05, 3.63) is 30.0 Å². The molecule has 0 amide bonds. The van der Waals surface area contributed by atoms with Crippen LogP contribution in [0.5, 0.6) is 0 Å². The molecule has 144 valence electrons. The summed E-state index contributed by atoms with van der Waals surface area (Å²) in [7, 11) is -3.43.